The lowest BCUT2D eigenvalue weighted by atomic mass is 9.97. The Labute approximate surface area is 242 Å². The Kier molecular flexibility index (Phi) is 10.7. The van der Waals surface area contributed by atoms with E-state index in [2.05, 4.69) is 16.0 Å². The first-order valence-corrected chi connectivity index (χ1v) is 15.4. The number of ether oxygens (including phenoxy) is 1. The van der Waals surface area contributed by atoms with Gasteiger partial charge in [0.1, 0.15) is 11.9 Å². The summed E-state index contributed by atoms with van der Waals surface area (Å²) >= 11 is 0. The molecule has 0 bridgehead atoms. The van der Waals surface area contributed by atoms with Crippen LogP contribution >= 0.6 is 0 Å². The number of sulfone groups is 1. The van der Waals surface area contributed by atoms with Crippen LogP contribution in [0.15, 0.2) is 77.7 Å². The van der Waals surface area contributed by atoms with Crippen molar-refractivity contribution in [3.05, 3.63) is 78.4 Å². The van der Waals surface area contributed by atoms with E-state index in [1.54, 1.807) is 72.8 Å². The van der Waals surface area contributed by atoms with Crippen molar-refractivity contribution < 1.29 is 22.7 Å². The molecule has 0 spiro atoms. The second-order valence-electron chi connectivity index (χ2n) is 10.4. The zero-order chi connectivity index (χ0) is 30.2. The van der Waals surface area contributed by atoms with Gasteiger partial charge in [0, 0.05) is 28.8 Å². The molecular formula is C31H38N4O5S. The molecule has 9 nitrogen and oxygen atoms in total. The van der Waals surface area contributed by atoms with Gasteiger partial charge in [0.25, 0.3) is 0 Å². The summed E-state index contributed by atoms with van der Waals surface area (Å²) < 4.78 is 29.5. The summed E-state index contributed by atoms with van der Waals surface area (Å²) in [4.78, 5) is 25.6. The molecular weight excluding hydrogens is 540 g/mol. The SMILES string of the molecule is CCC(C)[C@H](Nc1cccc(C(=N)NC(=O)OCC(C)C)c1)C(=O)Nc1ccc(-c2ccccc2S(C)(=O)=O)cc1. The van der Waals surface area contributed by atoms with Gasteiger partial charge in [-0.05, 0) is 47.7 Å². The average molecular weight is 579 g/mol. The maximum absolute atomic E-state index is 13.4. The van der Waals surface area contributed by atoms with Crippen LogP contribution in [0.2, 0.25) is 0 Å². The smallest absolute Gasteiger partial charge is 0.412 e. The minimum absolute atomic E-state index is 0.0249. The highest BCUT2D eigenvalue weighted by Crippen LogP contribution is 2.28. The number of rotatable bonds is 11. The number of carbonyl (C=O) groups is 2. The number of amides is 2. The zero-order valence-corrected chi connectivity index (χ0v) is 24.8. The first-order valence-electron chi connectivity index (χ1n) is 13.5. The standard InChI is InChI=1S/C31H38N4O5S/c1-6-21(4)28(33-25-11-9-10-23(18-25)29(32)35-31(37)40-19-20(2)3)30(36)34-24-16-14-22(15-17-24)26-12-7-8-13-27(26)41(5,38)39/h7-18,20-21,28,33H,6,19H2,1-5H3,(H,34,36)(H2,32,35,37)/t21?,28-/m0/s1. The van der Waals surface area contributed by atoms with Crippen molar-refractivity contribution in [2.45, 2.75) is 45.1 Å². The number of anilines is 2. The van der Waals surface area contributed by atoms with Crippen LogP contribution in [0.5, 0.6) is 0 Å². The quantitative estimate of drug-likeness (QED) is 0.164. The van der Waals surface area contributed by atoms with Gasteiger partial charge in [-0.2, -0.15) is 0 Å². The van der Waals surface area contributed by atoms with E-state index in [1.807, 2.05) is 27.7 Å². The number of hydrogen-bond donors (Lipinski definition) is 4. The molecule has 0 saturated carbocycles. The normalized spacial score (nSPS) is 12.7. The highest BCUT2D eigenvalue weighted by molar-refractivity contribution is 7.90. The first-order chi connectivity index (χ1) is 19.4. The third-order valence-corrected chi connectivity index (χ3v) is 7.65. The highest BCUT2D eigenvalue weighted by atomic mass is 32.2. The Morgan fingerprint density at radius 2 is 1.61 bits per heavy atom. The first kappa shape index (κ1) is 31.3. The molecule has 10 heteroatoms. The molecule has 0 saturated heterocycles. The molecule has 4 N–H and O–H groups in total. The summed E-state index contributed by atoms with van der Waals surface area (Å²) in [5.74, 6) is -0.187. The Morgan fingerprint density at radius 1 is 0.927 bits per heavy atom. The maximum atomic E-state index is 13.4. The van der Waals surface area contributed by atoms with Crippen LogP contribution in [0, 0.1) is 17.2 Å². The van der Waals surface area contributed by atoms with Crippen LogP contribution < -0.4 is 16.0 Å². The van der Waals surface area contributed by atoms with E-state index in [0.717, 1.165) is 12.0 Å². The molecule has 41 heavy (non-hydrogen) atoms. The van der Waals surface area contributed by atoms with E-state index in [4.69, 9.17) is 10.1 Å². The topological polar surface area (TPSA) is 137 Å². The monoisotopic (exact) mass is 578 g/mol. The predicted molar refractivity (Wildman–Crippen MR) is 163 cm³/mol. The van der Waals surface area contributed by atoms with Crippen LogP contribution in [0.1, 0.15) is 39.7 Å². The van der Waals surface area contributed by atoms with Gasteiger partial charge in [0.05, 0.1) is 11.5 Å². The Hall–Kier alpha value is -4.18. The third kappa shape index (κ3) is 8.91. The summed E-state index contributed by atoms with van der Waals surface area (Å²) in [6.07, 6.45) is 1.23. The number of nitrogens with one attached hydrogen (secondary N) is 4. The van der Waals surface area contributed by atoms with Crippen molar-refractivity contribution >= 4 is 39.0 Å². The predicted octanol–water partition coefficient (Wildman–Crippen LogP) is 5.93. The van der Waals surface area contributed by atoms with E-state index in [1.165, 1.54) is 6.26 Å². The summed E-state index contributed by atoms with van der Waals surface area (Å²) in [5, 5.41) is 16.9. The lowest BCUT2D eigenvalue weighted by molar-refractivity contribution is -0.117. The van der Waals surface area contributed by atoms with Gasteiger partial charge in [0.15, 0.2) is 9.84 Å². The lowest BCUT2D eigenvalue weighted by Crippen LogP contribution is -2.39. The van der Waals surface area contributed by atoms with E-state index >= 15 is 0 Å². The number of benzene rings is 3. The van der Waals surface area contributed by atoms with E-state index < -0.39 is 22.0 Å². The van der Waals surface area contributed by atoms with Crippen LogP contribution in [-0.4, -0.2) is 45.2 Å². The number of amidine groups is 1. The van der Waals surface area contributed by atoms with Gasteiger partial charge in [0.2, 0.25) is 5.91 Å². The van der Waals surface area contributed by atoms with Gasteiger partial charge in [-0.3, -0.25) is 15.5 Å². The number of alkyl carbamates (subject to hydrolysis) is 1. The summed E-state index contributed by atoms with van der Waals surface area (Å²) in [6.45, 7) is 8.07. The van der Waals surface area contributed by atoms with Crippen molar-refractivity contribution in [1.29, 1.82) is 5.41 Å². The van der Waals surface area contributed by atoms with Gasteiger partial charge < -0.3 is 15.4 Å². The van der Waals surface area contributed by atoms with Crippen molar-refractivity contribution in [1.82, 2.24) is 5.32 Å². The van der Waals surface area contributed by atoms with Crippen LogP contribution in [-0.2, 0) is 19.4 Å². The molecule has 3 aromatic carbocycles. The van der Waals surface area contributed by atoms with Gasteiger partial charge >= 0.3 is 6.09 Å². The molecule has 1 unspecified atom stereocenters. The van der Waals surface area contributed by atoms with Gasteiger partial charge in [-0.25, -0.2) is 13.2 Å². The fourth-order valence-electron chi connectivity index (χ4n) is 4.08. The second kappa shape index (κ2) is 13.9. The summed E-state index contributed by atoms with van der Waals surface area (Å²) in [7, 11) is -3.40. The highest BCUT2D eigenvalue weighted by Gasteiger charge is 2.24. The fraction of sp³-hybridized carbons (Fsp3) is 0.323. The van der Waals surface area contributed by atoms with Crippen molar-refractivity contribution in [2.24, 2.45) is 11.8 Å². The molecule has 0 aliphatic heterocycles. The molecule has 3 aromatic rings. The lowest BCUT2D eigenvalue weighted by Gasteiger charge is -2.25. The summed E-state index contributed by atoms with van der Waals surface area (Å²) in [5.41, 5.74) is 2.98. The molecule has 3 rings (SSSR count). The number of hydrogen-bond acceptors (Lipinski definition) is 7. The van der Waals surface area contributed by atoms with Crippen LogP contribution in [0.4, 0.5) is 16.2 Å². The maximum Gasteiger partial charge on any atom is 0.412 e. The van der Waals surface area contributed by atoms with Gasteiger partial charge in [-0.15, -0.1) is 0 Å². The molecule has 0 radical (unpaired) electrons. The Morgan fingerprint density at radius 3 is 2.24 bits per heavy atom. The van der Waals surface area contributed by atoms with Crippen molar-refractivity contribution in [3.8, 4) is 11.1 Å². The zero-order valence-electron chi connectivity index (χ0n) is 24.0. The van der Waals surface area contributed by atoms with Gasteiger partial charge in [-0.1, -0.05) is 76.6 Å². The van der Waals surface area contributed by atoms with E-state index in [-0.39, 0.29) is 35.1 Å². The van der Waals surface area contributed by atoms with E-state index in [0.29, 0.717) is 22.5 Å². The number of carbonyl (C=O) groups excluding carboxylic acids is 2. The molecule has 0 aliphatic rings. The molecule has 0 aromatic heterocycles. The largest absolute Gasteiger partial charge is 0.449 e. The molecule has 0 heterocycles. The Bertz CT molecular complexity index is 1490. The third-order valence-electron chi connectivity index (χ3n) is 6.49. The van der Waals surface area contributed by atoms with Crippen LogP contribution in [0.25, 0.3) is 11.1 Å². The summed E-state index contributed by atoms with van der Waals surface area (Å²) in [6, 6.07) is 20.2. The minimum Gasteiger partial charge on any atom is -0.449 e. The van der Waals surface area contributed by atoms with Crippen molar-refractivity contribution in [2.75, 3.05) is 23.5 Å². The second-order valence-corrected chi connectivity index (χ2v) is 12.4. The molecule has 0 aliphatic carbocycles. The molecule has 2 amide bonds. The molecule has 0 fully saturated rings. The molecule has 2 atom stereocenters. The van der Waals surface area contributed by atoms with E-state index in [9.17, 15) is 18.0 Å². The fourth-order valence-corrected chi connectivity index (χ4v) is 4.99. The molecule has 218 valence electrons. The Balaban J connectivity index is 1.73. The average Bonchev–Trinajstić information content (AvgIpc) is 2.94. The minimum atomic E-state index is -3.40. The van der Waals surface area contributed by atoms with Crippen LogP contribution in [0.3, 0.4) is 0 Å². The van der Waals surface area contributed by atoms with Crippen molar-refractivity contribution in [3.63, 3.8) is 0 Å².